The molecule has 0 saturated carbocycles. The number of hydrogen-bond donors (Lipinski definition) is 1. The van der Waals surface area contributed by atoms with Crippen LogP contribution in [0.1, 0.15) is 5.69 Å². The lowest BCUT2D eigenvalue weighted by Gasteiger charge is -2.07. The Hall–Kier alpha value is -0.630. The minimum atomic E-state index is -0.205. The van der Waals surface area contributed by atoms with E-state index in [1.165, 1.54) is 0 Å². The maximum Gasteiger partial charge on any atom is 0.264 e. The first-order valence-corrected chi connectivity index (χ1v) is 7.09. The molecule has 0 aliphatic heterocycles. The Balaban J connectivity index is 2.56. The van der Waals surface area contributed by atoms with Gasteiger partial charge in [-0.2, -0.15) is 0 Å². The molecule has 0 amide bonds. The van der Waals surface area contributed by atoms with Crippen molar-refractivity contribution in [3.8, 4) is 11.4 Å². The van der Waals surface area contributed by atoms with Gasteiger partial charge >= 0.3 is 0 Å². The Morgan fingerprint density at radius 3 is 2.74 bits per heavy atom. The van der Waals surface area contributed by atoms with Crippen LogP contribution in [0.3, 0.4) is 0 Å². The Labute approximate surface area is 133 Å². The number of benzene rings is 1. The molecule has 0 atom stereocenters. The van der Waals surface area contributed by atoms with Crippen LogP contribution in [0.15, 0.2) is 23.0 Å². The fraction of sp³-hybridized carbons (Fsp3) is 0.167. The number of rotatable bonds is 3. The number of aromatic nitrogens is 2. The molecule has 0 saturated heterocycles. The highest BCUT2D eigenvalue weighted by molar-refractivity contribution is 14.1. The molecule has 0 aliphatic carbocycles. The van der Waals surface area contributed by atoms with Crippen molar-refractivity contribution in [2.24, 2.45) is 0 Å². The Bertz CT molecular complexity index is 673. The number of nitrogens with one attached hydrogen (secondary N) is 1. The average molecular weight is 411 g/mol. The largest absolute Gasteiger partial charge is 0.378 e. The van der Waals surface area contributed by atoms with E-state index in [4.69, 9.17) is 27.9 Å². The fourth-order valence-electron chi connectivity index (χ4n) is 1.52. The second-order valence-electron chi connectivity index (χ2n) is 3.74. The summed E-state index contributed by atoms with van der Waals surface area (Å²) in [7, 11) is 1.55. The Kier molecular flexibility index (Phi) is 4.83. The van der Waals surface area contributed by atoms with Gasteiger partial charge in [-0.05, 0) is 40.8 Å². The predicted octanol–water partition coefficient (Wildman–Crippen LogP) is 3.49. The monoisotopic (exact) mass is 410 g/mol. The molecule has 100 valence electrons. The molecule has 0 fully saturated rings. The predicted molar refractivity (Wildman–Crippen MR) is 83.7 cm³/mol. The van der Waals surface area contributed by atoms with Gasteiger partial charge in [-0.1, -0.05) is 23.2 Å². The third-order valence-corrected chi connectivity index (χ3v) is 4.26. The van der Waals surface area contributed by atoms with Gasteiger partial charge in [0, 0.05) is 12.7 Å². The minimum absolute atomic E-state index is 0.205. The van der Waals surface area contributed by atoms with E-state index in [1.54, 1.807) is 25.3 Å². The van der Waals surface area contributed by atoms with Gasteiger partial charge in [0.25, 0.3) is 5.56 Å². The topological polar surface area (TPSA) is 55.0 Å². The number of H-pyrrole nitrogens is 1. The molecule has 4 nitrogen and oxygen atoms in total. The average Bonchev–Trinajstić information content (AvgIpc) is 2.38. The van der Waals surface area contributed by atoms with Crippen molar-refractivity contribution in [1.82, 2.24) is 9.97 Å². The van der Waals surface area contributed by atoms with Gasteiger partial charge in [0.15, 0.2) is 0 Å². The van der Waals surface area contributed by atoms with Crippen LogP contribution in [0.25, 0.3) is 11.4 Å². The molecule has 1 heterocycles. The standard InChI is InChI=1S/C12H9Cl2IN2O2/c1-19-5-9-10(15)12(18)17-11(16-9)6-2-3-7(13)8(14)4-6/h2-4H,5H2,1H3,(H,16,17,18). The van der Waals surface area contributed by atoms with Gasteiger partial charge in [0.1, 0.15) is 9.39 Å². The fourth-order valence-corrected chi connectivity index (χ4v) is 2.23. The van der Waals surface area contributed by atoms with E-state index in [2.05, 4.69) is 9.97 Å². The molecule has 2 aromatic rings. The first-order valence-electron chi connectivity index (χ1n) is 5.26. The highest BCUT2D eigenvalue weighted by atomic mass is 127. The smallest absolute Gasteiger partial charge is 0.264 e. The van der Waals surface area contributed by atoms with E-state index in [-0.39, 0.29) is 12.2 Å². The van der Waals surface area contributed by atoms with Gasteiger partial charge in [-0.15, -0.1) is 0 Å². The summed E-state index contributed by atoms with van der Waals surface area (Å²) in [6, 6.07) is 5.06. The summed E-state index contributed by atoms with van der Waals surface area (Å²) in [5, 5.41) is 0.865. The second kappa shape index (κ2) is 6.21. The van der Waals surface area contributed by atoms with Gasteiger partial charge in [-0.25, -0.2) is 4.98 Å². The molecule has 1 N–H and O–H groups in total. The first-order chi connectivity index (χ1) is 9.02. The van der Waals surface area contributed by atoms with Crippen molar-refractivity contribution < 1.29 is 4.74 Å². The number of nitrogens with zero attached hydrogens (tertiary/aromatic N) is 1. The summed E-state index contributed by atoms with van der Waals surface area (Å²) in [4.78, 5) is 18.9. The SMILES string of the molecule is COCc1nc(-c2ccc(Cl)c(Cl)c2)[nH]c(=O)c1I. The lowest BCUT2D eigenvalue weighted by Crippen LogP contribution is -2.16. The molecule has 0 bridgehead atoms. The maximum atomic E-state index is 11.8. The maximum absolute atomic E-state index is 11.8. The molecule has 19 heavy (non-hydrogen) atoms. The van der Waals surface area contributed by atoms with Crippen molar-refractivity contribution in [2.75, 3.05) is 7.11 Å². The second-order valence-corrected chi connectivity index (χ2v) is 5.63. The molecule has 0 aliphatic rings. The summed E-state index contributed by atoms with van der Waals surface area (Å²) in [5.41, 5.74) is 1.08. The molecule has 0 unspecified atom stereocenters. The third-order valence-electron chi connectivity index (χ3n) is 2.41. The van der Waals surface area contributed by atoms with Crippen molar-refractivity contribution in [1.29, 1.82) is 0 Å². The number of hydrogen-bond acceptors (Lipinski definition) is 3. The van der Waals surface area contributed by atoms with Crippen LogP contribution in [0, 0.1) is 3.57 Å². The van der Waals surface area contributed by atoms with E-state index >= 15 is 0 Å². The van der Waals surface area contributed by atoms with Gasteiger partial charge < -0.3 is 9.72 Å². The van der Waals surface area contributed by atoms with Gasteiger partial charge in [-0.3, -0.25) is 4.79 Å². The summed E-state index contributed by atoms with van der Waals surface area (Å²) in [6.07, 6.45) is 0. The van der Waals surface area contributed by atoms with Crippen LogP contribution in [0.4, 0.5) is 0 Å². The van der Waals surface area contributed by atoms with E-state index < -0.39 is 0 Å². The quantitative estimate of drug-likeness (QED) is 0.788. The molecular weight excluding hydrogens is 402 g/mol. The summed E-state index contributed by atoms with van der Waals surface area (Å²) >= 11 is 13.8. The first kappa shape index (κ1) is 14.8. The Morgan fingerprint density at radius 1 is 1.37 bits per heavy atom. The molecule has 1 aromatic carbocycles. The van der Waals surface area contributed by atoms with Crippen molar-refractivity contribution in [3.05, 3.63) is 47.9 Å². The van der Waals surface area contributed by atoms with Crippen LogP contribution in [0.2, 0.25) is 10.0 Å². The summed E-state index contributed by atoms with van der Waals surface area (Å²) in [5.74, 6) is 0.441. The van der Waals surface area contributed by atoms with E-state index in [0.29, 0.717) is 30.7 Å². The molecule has 0 spiro atoms. The number of aromatic amines is 1. The minimum Gasteiger partial charge on any atom is -0.378 e. The van der Waals surface area contributed by atoms with Crippen molar-refractivity contribution >= 4 is 45.8 Å². The van der Waals surface area contributed by atoms with Crippen LogP contribution < -0.4 is 5.56 Å². The molecule has 7 heteroatoms. The zero-order valence-electron chi connectivity index (χ0n) is 9.84. The van der Waals surface area contributed by atoms with Crippen LogP contribution >= 0.6 is 45.8 Å². The molecular formula is C12H9Cl2IN2O2. The van der Waals surface area contributed by atoms with E-state index in [1.807, 2.05) is 22.6 Å². The van der Waals surface area contributed by atoms with Crippen molar-refractivity contribution in [3.63, 3.8) is 0 Å². The number of methoxy groups -OCH3 is 1. The lowest BCUT2D eigenvalue weighted by molar-refractivity contribution is 0.180. The zero-order valence-corrected chi connectivity index (χ0v) is 13.5. The third kappa shape index (κ3) is 3.28. The van der Waals surface area contributed by atoms with E-state index in [0.717, 1.165) is 0 Å². The highest BCUT2D eigenvalue weighted by Gasteiger charge is 2.11. The van der Waals surface area contributed by atoms with Crippen LogP contribution in [-0.4, -0.2) is 17.1 Å². The van der Waals surface area contributed by atoms with Gasteiger partial charge in [0.05, 0.1) is 22.3 Å². The normalized spacial score (nSPS) is 10.7. The van der Waals surface area contributed by atoms with Crippen molar-refractivity contribution in [2.45, 2.75) is 6.61 Å². The number of halogens is 3. The Morgan fingerprint density at radius 2 is 2.11 bits per heavy atom. The van der Waals surface area contributed by atoms with Gasteiger partial charge in [0.2, 0.25) is 0 Å². The lowest BCUT2D eigenvalue weighted by atomic mass is 10.2. The van der Waals surface area contributed by atoms with Crippen LogP contribution in [0.5, 0.6) is 0 Å². The zero-order chi connectivity index (χ0) is 14.0. The molecule has 0 radical (unpaired) electrons. The molecule has 2 rings (SSSR count). The highest BCUT2D eigenvalue weighted by Crippen LogP contribution is 2.26. The molecule has 1 aromatic heterocycles. The van der Waals surface area contributed by atoms with Crippen LogP contribution in [-0.2, 0) is 11.3 Å². The summed E-state index contributed by atoms with van der Waals surface area (Å²) in [6.45, 7) is 0.274. The van der Waals surface area contributed by atoms with E-state index in [9.17, 15) is 4.79 Å². The summed E-state index contributed by atoms with van der Waals surface area (Å²) < 4.78 is 5.55. The number of ether oxygens (including phenoxy) is 1.